The third-order valence-corrected chi connectivity index (χ3v) is 4.71. The van der Waals surface area contributed by atoms with Gasteiger partial charge < -0.3 is 10.1 Å². The first-order valence-corrected chi connectivity index (χ1v) is 8.45. The fourth-order valence-electron chi connectivity index (χ4n) is 1.93. The zero-order valence-electron chi connectivity index (χ0n) is 12.0. The van der Waals surface area contributed by atoms with Crippen LogP contribution >= 0.6 is 0 Å². The largest absolute Gasteiger partial charge is 0.495 e. The molecule has 0 amide bonds. The van der Waals surface area contributed by atoms with Gasteiger partial charge in [0.1, 0.15) is 10.6 Å². The van der Waals surface area contributed by atoms with Crippen LogP contribution in [0, 0.1) is 0 Å². The summed E-state index contributed by atoms with van der Waals surface area (Å²) < 4.78 is 32.5. The highest BCUT2D eigenvalue weighted by Crippen LogP contribution is 2.28. The summed E-state index contributed by atoms with van der Waals surface area (Å²) in [7, 11) is -2.01. The maximum atomic E-state index is 12.3. The molecule has 0 unspecified atom stereocenters. The highest BCUT2D eigenvalue weighted by molar-refractivity contribution is 7.89. The summed E-state index contributed by atoms with van der Waals surface area (Å²) in [5, 5.41) is 3.26. The van der Waals surface area contributed by atoms with Crippen LogP contribution in [0.15, 0.2) is 23.1 Å². The van der Waals surface area contributed by atoms with Crippen molar-refractivity contribution in [3.63, 3.8) is 0 Å². The SMILES string of the molecule is CCCNCc1ccc(OC)c(S(=O)(=O)NC2CC2)c1. The number of hydrogen-bond donors (Lipinski definition) is 2. The average Bonchev–Trinajstić information content (AvgIpc) is 3.22. The van der Waals surface area contributed by atoms with Gasteiger partial charge in [0, 0.05) is 12.6 Å². The van der Waals surface area contributed by atoms with Crippen molar-refractivity contribution >= 4 is 10.0 Å². The molecule has 1 saturated carbocycles. The van der Waals surface area contributed by atoms with E-state index in [0.717, 1.165) is 31.4 Å². The molecular weight excluding hydrogens is 276 g/mol. The quantitative estimate of drug-likeness (QED) is 0.716. The van der Waals surface area contributed by atoms with Gasteiger partial charge in [-0.05, 0) is 43.5 Å². The molecule has 6 heteroatoms. The van der Waals surface area contributed by atoms with Crippen molar-refractivity contribution in [1.29, 1.82) is 0 Å². The molecule has 0 aliphatic heterocycles. The van der Waals surface area contributed by atoms with E-state index in [1.54, 1.807) is 12.1 Å². The van der Waals surface area contributed by atoms with Crippen molar-refractivity contribution in [2.45, 2.75) is 43.7 Å². The molecule has 5 nitrogen and oxygen atoms in total. The van der Waals surface area contributed by atoms with Crippen LogP contribution in [-0.2, 0) is 16.6 Å². The molecule has 0 aromatic heterocycles. The topological polar surface area (TPSA) is 67.4 Å². The van der Waals surface area contributed by atoms with Crippen molar-refractivity contribution in [2.75, 3.05) is 13.7 Å². The third kappa shape index (κ3) is 3.94. The predicted molar refractivity (Wildman–Crippen MR) is 78.3 cm³/mol. The van der Waals surface area contributed by atoms with Crippen molar-refractivity contribution in [1.82, 2.24) is 10.0 Å². The first-order valence-electron chi connectivity index (χ1n) is 6.96. The molecule has 0 atom stereocenters. The molecule has 1 aromatic rings. The maximum absolute atomic E-state index is 12.3. The Hall–Kier alpha value is -1.11. The zero-order valence-corrected chi connectivity index (χ0v) is 12.8. The number of rotatable bonds is 8. The van der Waals surface area contributed by atoms with Gasteiger partial charge in [-0.1, -0.05) is 13.0 Å². The van der Waals surface area contributed by atoms with Crippen LogP contribution in [-0.4, -0.2) is 28.1 Å². The van der Waals surface area contributed by atoms with Gasteiger partial charge in [0.2, 0.25) is 10.0 Å². The molecule has 0 spiro atoms. The summed E-state index contributed by atoms with van der Waals surface area (Å²) >= 11 is 0. The van der Waals surface area contributed by atoms with Crippen molar-refractivity contribution in [3.8, 4) is 5.75 Å². The minimum absolute atomic E-state index is 0.0894. The Balaban J connectivity index is 2.21. The fraction of sp³-hybridized carbons (Fsp3) is 0.571. The van der Waals surface area contributed by atoms with E-state index >= 15 is 0 Å². The number of benzene rings is 1. The number of ether oxygens (including phenoxy) is 1. The monoisotopic (exact) mass is 298 g/mol. The smallest absolute Gasteiger partial charge is 0.244 e. The van der Waals surface area contributed by atoms with Gasteiger partial charge in [-0.2, -0.15) is 0 Å². The molecule has 2 N–H and O–H groups in total. The molecule has 1 aliphatic rings. The summed E-state index contributed by atoms with van der Waals surface area (Å²) in [4.78, 5) is 0.225. The Morgan fingerprint density at radius 2 is 2.10 bits per heavy atom. The van der Waals surface area contributed by atoms with Crippen LogP contribution in [0.2, 0.25) is 0 Å². The molecule has 20 heavy (non-hydrogen) atoms. The van der Waals surface area contributed by atoms with E-state index in [1.807, 2.05) is 6.07 Å². The van der Waals surface area contributed by atoms with E-state index in [0.29, 0.717) is 12.3 Å². The van der Waals surface area contributed by atoms with Crippen LogP contribution in [0.25, 0.3) is 0 Å². The van der Waals surface area contributed by atoms with Crippen LogP contribution in [0.1, 0.15) is 31.7 Å². The van der Waals surface area contributed by atoms with Gasteiger partial charge in [0.15, 0.2) is 0 Å². The normalized spacial score (nSPS) is 15.3. The van der Waals surface area contributed by atoms with Gasteiger partial charge in [0.05, 0.1) is 7.11 Å². The molecule has 1 aliphatic carbocycles. The van der Waals surface area contributed by atoms with Gasteiger partial charge >= 0.3 is 0 Å². The number of methoxy groups -OCH3 is 1. The molecule has 0 saturated heterocycles. The molecule has 0 radical (unpaired) electrons. The van der Waals surface area contributed by atoms with Crippen LogP contribution in [0.3, 0.4) is 0 Å². The second-order valence-corrected chi connectivity index (χ2v) is 6.74. The number of nitrogens with one attached hydrogen (secondary N) is 2. The third-order valence-electron chi connectivity index (χ3n) is 3.17. The van der Waals surface area contributed by atoms with Gasteiger partial charge in [-0.25, -0.2) is 13.1 Å². The van der Waals surface area contributed by atoms with E-state index in [1.165, 1.54) is 7.11 Å². The second kappa shape index (κ2) is 6.56. The zero-order chi connectivity index (χ0) is 14.6. The summed E-state index contributed by atoms with van der Waals surface area (Å²) in [6.45, 7) is 3.66. The molecule has 112 valence electrons. The lowest BCUT2D eigenvalue weighted by molar-refractivity contribution is 0.402. The second-order valence-electron chi connectivity index (χ2n) is 5.06. The van der Waals surface area contributed by atoms with E-state index in [-0.39, 0.29) is 10.9 Å². The van der Waals surface area contributed by atoms with Gasteiger partial charge in [-0.15, -0.1) is 0 Å². The number of sulfonamides is 1. The van der Waals surface area contributed by atoms with E-state index < -0.39 is 10.0 Å². The first kappa shape index (κ1) is 15.3. The van der Waals surface area contributed by atoms with Crippen molar-refractivity contribution in [3.05, 3.63) is 23.8 Å². The lowest BCUT2D eigenvalue weighted by Crippen LogP contribution is -2.26. The molecule has 1 fully saturated rings. The van der Waals surface area contributed by atoms with Crippen LogP contribution < -0.4 is 14.8 Å². The maximum Gasteiger partial charge on any atom is 0.244 e. The molecular formula is C14H22N2O3S. The number of hydrogen-bond acceptors (Lipinski definition) is 4. The summed E-state index contributed by atoms with van der Waals surface area (Å²) in [5.74, 6) is 0.386. The Morgan fingerprint density at radius 1 is 1.35 bits per heavy atom. The Morgan fingerprint density at radius 3 is 2.70 bits per heavy atom. The Labute approximate surface area is 120 Å². The molecule has 0 bridgehead atoms. The van der Waals surface area contributed by atoms with Gasteiger partial charge in [-0.3, -0.25) is 0 Å². The fourth-order valence-corrected chi connectivity index (χ4v) is 3.46. The standard InChI is InChI=1S/C14H22N2O3S/c1-3-8-15-10-11-4-7-13(19-2)14(9-11)20(17,18)16-12-5-6-12/h4,7,9,12,15-16H,3,5-6,8,10H2,1-2H3. The lowest BCUT2D eigenvalue weighted by Gasteiger charge is -2.12. The van der Waals surface area contributed by atoms with Gasteiger partial charge in [0.25, 0.3) is 0 Å². The summed E-state index contributed by atoms with van der Waals surface area (Å²) in [6.07, 6.45) is 2.88. The van der Waals surface area contributed by atoms with E-state index in [2.05, 4.69) is 17.0 Å². The Bertz CT molecular complexity index is 554. The predicted octanol–water partition coefficient (Wildman–Crippen LogP) is 1.64. The highest BCUT2D eigenvalue weighted by Gasteiger charge is 2.29. The summed E-state index contributed by atoms with van der Waals surface area (Å²) in [6, 6.07) is 5.38. The average molecular weight is 298 g/mol. The minimum atomic E-state index is -3.50. The van der Waals surface area contributed by atoms with Crippen LogP contribution in [0.5, 0.6) is 5.75 Å². The minimum Gasteiger partial charge on any atom is -0.495 e. The highest BCUT2D eigenvalue weighted by atomic mass is 32.2. The molecule has 2 rings (SSSR count). The lowest BCUT2D eigenvalue weighted by atomic mass is 10.2. The van der Waals surface area contributed by atoms with Crippen LogP contribution in [0.4, 0.5) is 0 Å². The molecule has 1 aromatic carbocycles. The van der Waals surface area contributed by atoms with Crippen molar-refractivity contribution < 1.29 is 13.2 Å². The van der Waals surface area contributed by atoms with E-state index in [4.69, 9.17) is 4.74 Å². The Kier molecular flexibility index (Phi) is 5.01. The molecule has 0 heterocycles. The first-order chi connectivity index (χ1) is 9.56. The van der Waals surface area contributed by atoms with Crippen molar-refractivity contribution in [2.24, 2.45) is 0 Å². The van der Waals surface area contributed by atoms with E-state index in [9.17, 15) is 8.42 Å². The summed E-state index contributed by atoms with van der Waals surface area (Å²) in [5.41, 5.74) is 0.940.